The van der Waals surface area contributed by atoms with E-state index >= 15 is 0 Å². The fraction of sp³-hybridized carbons (Fsp3) is 1.00. The van der Waals surface area contributed by atoms with E-state index in [1.165, 1.54) is 4.31 Å². The predicted molar refractivity (Wildman–Crippen MR) is 51.9 cm³/mol. The normalized spacial score (nSPS) is 19.8. The Morgan fingerprint density at radius 3 is 2.43 bits per heavy atom. The number of unbranched alkanes of at least 4 members (excludes halogenated alkanes) is 2. The lowest BCUT2D eigenvalue weighted by Gasteiger charge is -2.25. The average molecular weight is 223 g/mol. The largest absolute Gasteiger partial charge is 0.339 e. The van der Waals surface area contributed by atoms with Crippen molar-refractivity contribution in [2.45, 2.75) is 26.2 Å². The molecule has 1 aliphatic rings. The minimum Gasteiger partial charge on any atom is -0.339 e. The summed E-state index contributed by atoms with van der Waals surface area (Å²) in [7, 11) is -3.17. The van der Waals surface area contributed by atoms with E-state index in [9.17, 15) is 8.42 Å². The van der Waals surface area contributed by atoms with Gasteiger partial charge in [-0.25, -0.2) is 8.42 Å². The van der Waals surface area contributed by atoms with Gasteiger partial charge in [0.15, 0.2) is 0 Å². The number of rotatable bonds is 5. The molecular weight excluding hydrogens is 206 g/mol. The molecule has 0 unspecified atom stereocenters. The quantitative estimate of drug-likeness (QED) is 0.645. The SMILES string of the molecule is CCCCCS(=O)(=O)N1COCOC1. The summed E-state index contributed by atoms with van der Waals surface area (Å²) in [5, 5.41) is 0. The maximum atomic E-state index is 11.6. The van der Waals surface area contributed by atoms with Crippen molar-refractivity contribution in [3.63, 3.8) is 0 Å². The van der Waals surface area contributed by atoms with Crippen LogP contribution in [0.1, 0.15) is 26.2 Å². The zero-order chi connectivity index (χ0) is 10.4. The van der Waals surface area contributed by atoms with Crippen LogP contribution < -0.4 is 0 Å². The van der Waals surface area contributed by atoms with Gasteiger partial charge in [-0.3, -0.25) is 0 Å². The lowest BCUT2D eigenvalue weighted by atomic mass is 10.3. The number of sulfonamides is 1. The van der Waals surface area contributed by atoms with E-state index in [0.717, 1.165) is 12.8 Å². The van der Waals surface area contributed by atoms with Crippen molar-refractivity contribution in [1.82, 2.24) is 4.31 Å². The fourth-order valence-corrected chi connectivity index (χ4v) is 2.50. The molecule has 1 fully saturated rings. The molecule has 0 N–H and O–H groups in total. The van der Waals surface area contributed by atoms with Gasteiger partial charge in [0.2, 0.25) is 10.0 Å². The first kappa shape index (κ1) is 11.9. The van der Waals surface area contributed by atoms with Crippen molar-refractivity contribution in [2.24, 2.45) is 0 Å². The molecule has 1 saturated heterocycles. The van der Waals surface area contributed by atoms with E-state index in [2.05, 4.69) is 0 Å². The highest BCUT2D eigenvalue weighted by atomic mass is 32.2. The maximum Gasteiger partial charge on any atom is 0.218 e. The second kappa shape index (κ2) is 5.65. The number of hydrogen-bond acceptors (Lipinski definition) is 4. The molecule has 0 aromatic rings. The lowest BCUT2D eigenvalue weighted by Crippen LogP contribution is -2.40. The third kappa shape index (κ3) is 3.53. The Morgan fingerprint density at radius 1 is 1.21 bits per heavy atom. The second-order valence-corrected chi connectivity index (χ2v) is 5.35. The van der Waals surface area contributed by atoms with Gasteiger partial charge in [-0.1, -0.05) is 19.8 Å². The average Bonchev–Trinajstić information content (AvgIpc) is 2.19. The standard InChI is InChI=1S/C8H17NO4S/c1-2-3-4-5-14(10,11)9-6-12-8-13-7-9/h2-8H2,1H3. The summed E-state index contributed by atoms with van der Waals surface area (Å²) in [6, 6.07) is 0. The molecule has 1 aliphatic heterocycles. The third-order valence-electron chi connectivity index (χ3n) is 2.04. The van der Waals surface area contributed by atoms with Crippen LogP contribution in [0.25, 0.3) is 0 Å². The number of ether oxygens (including phenoxy) is 2. The molecule has 6 heteroatoms. The molecule has 0 aromatic heterocycles. The van der Waals surface area contributed by atoms with Gasteiger partial charge in [0.25, 0.3) is 0 Å². The van der Waals surface area contributed by atoms with Crippen molar-refractivity contribution in [3.05, 3.63) is 0 Å². The molecule has 5 nitrogen and oxygen atoms in total. The van der Waals surface area contributed by atoms with Gasteiger partial charge in [0, 0.05) is 0 Å². The summed E-state index contributed by atoms with van der Waals surface area (Å²) in [6.07, 6.45) is 2.66. The van der Waals surface area contributed by atoms with Crippen LogP contribution in [0.3, 0.4) is 0 Å². The molecule has 0 saturated carbocycles. The van der Waals surface area contributed by atoms with Crippen molar-refractivity contribution in [3.8, 4) is 0 Å². The minimum absolute atomic E-state index is 0.120. The Hall–Kier alpha value is -0.170. The van der Waals surface area contributed by atoms with Crippen LogP contribution in [-0.2, 0) is 19.5 Å². The zero-order valence-corrected chi connectivity index (χ0v) is 9.25. The fourth-order valence-electron chi connectivity index (χ4n) is 1.20. The van der Waals surface area contributed by atoms with Gasteiger partial charge in [-0.05, 0) is 6.42 Å². The highest BCUT2D eigenvalue weighted by Crippen LogP contribution is 2.09. The molecule has 0 aromatic carbocycles. The number of hydrogen-bond donors (Lipinski definition) is 0. The lowest BCUT2D eigenvalue weighted by molar-refractivity contribution is -0.153. The van der Waals surface area contributed by atoms with Crippen LogP contribution in [0.4, 0.5) is 0 Å². The molecule has 0 spiro atoms. The Morgan fingerprint density at radius 2 is 1.86 bits per heavy atom. The molecule has 0 bridgehead atoms. The Bertz CT molecular complexity index is 246. The van der Waals surface area contributed by atoms with E-state index < -0.39 is 10.0 Å². The topological polar surface area (TPSA) is 55.8 Å². The molecule has 1 heterocycles. The summed E-state index contributed by atoms with van der Waals surface area (Å²) < 4.78 is 34.3. The molecular formula is C8H17NO4S. The summed E-state index contributed by atoms with van der Waals surface area (Å²) in [4.78, 5) is 0. The van der Waals surface area contributed by atoms with E-state index in [1.54, 1.807) is 0 Å². The van der Waals surface area contributed by atoms with Crippen LogP contribution in [0.5, 0.6) is 0 Å². The van der Waals surface area contributed by atoms with Gasteiger partial charge in [-0.15, -0.1) is 0 Å². The summed E-state index contributed by atoms with van der Waals surface area (Å²) in [5.74, 6) is 0.188. The van der Waals surface area contributed by atoms with Gasteiger partial charge in [-0.2, -0.15) is 4.31 Å². The monoisotopic (exact) mass is 223 g/mol. The van der Waals surface area contributed by atoms with Gasteiger partial charge >= 0.3 is 0 Å². The van der Waals surface area contributed by atoms with Gasteiger partial charge in [0.05, 0.1) is 5.75 Å². The minimum atomic E-state index is -3.17. The highest BCUT2D eigenvalue weighted by Gasteiger charge is 2.24. The Kier molecular flexibility index (Phi) is 4.80. The summed E-state index contributed by atoms with van der Waals surface area (Å²) in [5.41, 5.74) is 0. The summed E-state index contributed by atoms with van der Waals surface area (Å²) >= 11 is 0. The third-order valence-corrected chi connectivity index (χ3v) is 3.84. The Labute approximate surface area is 85.0 Å². The van der Waals surface area contributed by atoms with E-state index in [-0.39, 0.29) is 26.0 Å². The van der Waals surface area contributed by atoms with Crippen molar-refractivity contribution >= 4 is 10.0 Å². The molecule has 0 amide bonds. The smallest absolute Gasteiger partial charge is 0.218 e. The Balaban J connectivity index is 2.38. The molecule has 0 aliphatic carbocycles. The van der Waals surface area contributed by atoms with Crippen LogP contribution in [0.2, 0.25) is 0 Å². The highest BCUT2D eigenvalue weighted by molar-refractivity contribution is 7.89. The van der Waals surface area contributed by atoms with Crippen molar-refractivity contribution in [2.75, 3.05) is 26.0 Å². The first-order valence-electron chi connectivity index (χ1n) is 4.80. The van der Waals surface area contributed by atoms with E-state index in [0.29, 0.717) is 6.42 Å². The van der Waals surface area contributed by atoms with Crippen molar-refractivity contribution in [1.29, 1.82) is 0 Å². The predicted octanol–water partition coefficient (Wildman–Crippen LogP) is 0.728. The summed E-state index contributed by atoms with van der Waals surface area (Å²) in [6.45, 7) is 2.46. The second-order valence-electron chi connectivity index (χ2n) is 3.26. The molecule has 84 valence electrons. The van der Waals surface area contributed by atoms with Crippen LogP contribution >= 0.6 is 0 Å². The molecule has 14 heavy (non-hydrogen) atoms. The van der Waals surface area contributed by atoms with Gasteiger partial charge in [0.1, 0.15) is 20.3 Å². The molecule has 1 rings (SSSR count). The first-order valence-corrected chi connectivity index (χ1v) is 6.41. The molecule has 0 radical (unpaired) electrons. The zero-order valence-electron chi connectivity index (χ0n) is 8.44. The van der Waals surface area contributed by atoms with Crippen LogP contribution in [0, 0.1) is 0 Å². The van der Waals surface area contributed by atoms with Crippen LogP contribution in [-0.4, -0.2) is 38.7 Å². The van der Waals surface area contributed by atoms with Crippen molar-refractivity contribution < 1.29 is 17.9 Å². The maximum absolute atomic E-state index is 11.6. The molecule has 0 atom stereocenters. The van der Waals surface area contributed by atoms with E-state index in [4.69, 9.17) is 9.47 Å². The van der Waals surface area contributed by atoms with Gasteiger partial charge < -0.3 is 9.47 Å². The number of nitrogens with zero attached hydrogens (tertiary/aromatic N) is 1. The first-order chi connectivity index (χ1) is 6.67. The van der Waals surface area contributed by atoms with Crippen LogP contribution in [0.15, 0.2) is 0 Å². The van der Waals surface area contributed by atoms with E-state index in [1.807, 2.05) is 6.92 Å².